The van der Waals surface area contributed by atoms with E-state index in [0.717, 1.165) is 27.9 Å². The van der Waals surface area contributed by atoms with Crippen LogP contribution in [0.15, 0.2) is 23.4 Å². The van der Waals surface area contributed by atoms with Crippen molar-refractivity contribution in [1.82, 2.24) is 14.7 Å². The van der Waals surface area contributed by atoms with Gasteiger partial charge in [0, 0.05) is 6.20 Å². The Labute approximate surface area is 131 Å². The Balaban J connectivity index is 2.33. The number of nitrogens with one attached hydrogen (secondary N) is 1. The summed E-state index contributed by atoms with van der Waals surface area (Å²) in [5.74, 6) is 0. The number of rotatable bonds is 4. The van der Waals surface area contributed by atoms with E-state index in [4.69, 9.17) is 0 Å². The standard InChI is InChI=1S/C16H21N3O2S/c1-10-6-11(2)14(5)16(13(10)4)22(20,21)19-9-15-8-17-12(3)7-18-15/h6-8,19H,9H2,1-5H3. The van der Waals surface area contributed by atoms with Crippen LogP contribution in [-0.2, 0) is 16.6 Å². The van der Waals surface area contributed by atoms with Crippen molar-refractivity contribution in [2.75, 3.05) is 0 Å². The lowest BCUT2D eigenvalue weighted by Crippen LogP contribution is -2.26. The third kappa shape index (κ3) is 3.34. The summed E-state index contributed by atoms with van der Waals surface area (Å²) in [7, 11) is -3.59. The first kappa shape index (κ1) is 16.6. The van der Waals surface area contributed by atoms with Crippen molar-refractivity contribution >= 4 is 10.0 Å². The van der Waals surface area contributed by atoms with Crippen LogP contribution < -0.4 is 4.72 Å². The molecule has 0 bridgehead atoms. The number of aryl methyl sites for hydroxylation is 3. The van der Waals surface area contributed by atoms with E-state index in [2.05, 4.69) is 14.7 Å². The summed E-state index contributed by atoms with van der Waals surface area (Å²) < 4.78 is 27.9. The largest absolute Gasteiger partial charge is 0.258 e. The van der Waals surface area contributed by atoms with Gasteiger partial charge in [-0.2, -0.15) is 0 Å². The average Bonchev–Trinajstić information content (AvgIpc) is 2.45. The van der Waals surface area contributed by atoms with E-state index in [1.807, 2.05) is 40.7 Å². The highest BCUT2D eigenvalue weighted by Gasteiger charge is 2.21. The van der Waals surface area contributed by atoms with Crippen LogP contribution in [-0.4, -0.2) is 18.4 Å². The van der Waals surface area contributed by atoms with Crippen LogP contribution in [0.4, 0.5) is 0 Å². The Bertz CT molecular complexity index is 771. The monoisotopic (exact) mass is 319 g/mol. The van der Waals surface area contributed by atoms with Crippen LogP contribution in [0.3, 0.4) is 0 Å². The molecule has 1 aromatic carbocycles. The van der Waals surface area contributed by atoms with Crippen molar-refractivity contribution < 1.29 is 8.42 Å². The Morgan fingerprint density at radius 1 is 0.955 bits per heavy atom. The molecule has 5 nitrogen and oxygen atoms in total. The van der Waals surface area contributed by atoms with Crippen molar-refractivity contribution in [3.05, 3.63) is 52.1 Å². The molecule has 22 heavy (non-hydrogen) atoms. The predicted octanol–water partition coefficient (Wildman–Crippen LogP) is 2.50. The Hall–Kier alpha value is -1.79. The minimum Gasteiger partial charge on any atom is -0.258 e. The van der Waals surface area contributed by atoms with Gasteiger partial charge in [0.2, 0.25) is 10.0 Å². The fourth-order valence-corrected chi connectivity index (χ4v) is 3.95. The summed E-state index contributed by atoms with van der Waals surface area (Å²) in [5, 5.41) is 0. The number of aromatic nitrogens is 2. The first-order valence-corrected chi connectivity index (χ1v) is 8.55. The van der Waals surface area contributed by atoms with E-state index >= 15 is 0 Å². The number of sulfonamides is 1. The molecular formula is C16H21N3O2S. The lowest BCUT2D eigenvalue weighted by Gasteiger charge is -2.16. The van der Waals surface area contributed by atoms with E-state index in [0.29, 0.717) is 10.6 Å². The summed E-state index contributed by atoms with van der Waals surface area (Å²) in [5.41, 5.74) is 4.90. The van der Waals surface area contributed by atoms with Crippen LogP contribution in [0.1, 0.15) is 33.6 Å². The zero-order chi connectivity index (χ0) is 16.5. The zero-order valence-electron chi connectivity index (χ0n) is 13.6. The average molecular weight is 319 g/mol. The number of hydrogen-bond donors (Lipinski definition) is 1. The first-order valence-electron chi connectivity index (χ1n) is 7.07. The van der Waals surface area contributed by atoms with E-state index in [-0.39, 0.29) is 6.54 Å². The molecule has 0 aliphatic rings. The van der Waals surface area contributed by atoms with Gasteiger partial charge < -0.3 is 0 Å². The van der Waals surface area contributed by atoms with Gasteiger partial charge in [0.05, 0.1) is 29.0 Å². The van der Waals surface area contributed by atoms with Gasteiger partial charge in [-0.15, -0.1) is 0 Å². The van der Waals surface area contributed by atoms with Gasteiger partial charge in [0.25, 0.3) is 0 Å². The molecule has 0 aliphatic carbocycles. The highest BCUT2D eigenvalue weighted by Crippen LogP contribution is 2.25. The van der Waals surface area contributed by atoms with E-state index in [1.54, 1.807) is 12.4 Å². The molecule has 2 aromatic rings. The second kappa shape index (κ2) is 6.14. The van der Waals surface area contributed by atoms with Crippen molar-refractivity contribution in [2.24, 2.45) is 0 Å². The summed E-state index contributed by atoms with van der Waals surface area (Å²) >= 11 is 0. The Kier molecular flexibility index (Phi) is 4.63. The van der Waals surface area contributed by atoms with Gasteiger partial charge in [-0.1, -0.05) is 6.07 Å². The van der Waals surface area contributed by atoms with Crippen LogP contribution in [0, 0.1) is 34.6 Å². The molecule has 118 valence electrons. The molecule has 2 rings (SSSR count). The van der Waals surface area contributed by atoms with Gasteiger partial charge in [-0.05, 0) is 56.9 Å². The molecule has 0 amide bonds. The smallest absolute Gasteiger partial charge is 0.241 e. The van der Waals surface area contributed by atoms with Gasteiger partial charge in [0.15, 0.2) is 0 Å². The minimum absolute atomic E-state index is 0.126. The quantitative estimate of drug-likeness (QED) is 0.940. The molecule has 1 aromatic heterocycles. The molecule has 0 atom stereocenters. The molecule has 0 saturated heterocycles. The number of benzene rings is 1. The third-order valence-electron chi connectivity index (χ3n) is 3.84. The fourth-order valence-electron chi connectivity index (χ4n) is 2.34. The van der Waals surface area contributed by atoms with Crippen molar-refractivity contribution in [3.8, 4) is 0 Å². The molecule has 0 spiro atoms. The predicted molar refractivity (Wildman–Crippen MR) is 86.2 cm³/mol. The first-order chi connectivity index (χ1) is 10.2. The second-order valence-electron chi connectivity index (χ2n) is 5.56. The molecule has 1 heterocycles. The molecular weight excluding hydrogens is 298 g/mol. The number of nitrogens with zero attached hydrogens (tertiary/aromatic N) is 2. The molecule has 0 unspecified atom stereocenters. The highest BCUT2D eigenvalue weighted by atomic mass is 32.2. The van der Waals surface area contributed by atoms with Gasteiger partial charge >= 0.3 is 0 Å². The molecule has 0 radical (unpaired) electrons. The van der Waals surface area contributed by atoms with Crippen LogP contribution >= 0.6 is 0 Å². The normalized spacial score (nSPS) is 11.7. The fraction of sp³-hybridized carbons (Fsp3) is 0.375. The van der Waals surface area contributed by atoms with Gasteiger partial charge in [0.1, 0.15) is 0 Å². The Morgan fingerprint density at radius 2 is 1.55 bits per heavy atom. The summed E-state index contributed by atoms with van der Waals surface area (Å²) in [6.07, 6.45) is 3.20. The summed E-state index contributed by atoms with van der Waals surface area (Å²) in [6.45, 7) is 9.48. The van der Waals surface area contributed by atoms with Crippen molar-refractivity contribution in [2.45, 2.75) is 46.1 Å². The van der Waals surface area contributed by atoms with Gasteiger partial charge in [-0.3, -0.25) is 9.97 Å². The maximum absolute atomic E-state index is 12.7. The molecule has 0 fully saturated rings. The maximum atomic E-state index is 12.7. The van der Waals surface area contributed by atoms with E-state index in [9.17, 15) is 8.42 Å². The van der Waals surface area contributed by atoms with Gasteiger partial charge in [-0.25, -0.2) is 13.1 Å². The van der Waals surface area contributed by atoms with Crippen molar-refractivity contribution in [3.63, 3.8) is 0 Å². The van der Waals surface area contributed by atoms with E-state index in [1.165, 1.54) is 0 Å². The molecule has 0 saturated carbocycles. The number of hydrogen-bond acceptors (Lipinski definition) is 4. The molecule has 6 heteroatoms. The van der Waals surface area contributed by atoms with E-state index < -0.39 is 10.0 Å². The zero-order valence-corrected chi connectivity index (χ0v) is 14.4. The summed E-state index contributed by atoms with van der Waals surface area (Å²) in [4.78, 5) is 8.65. The molecule has 0 aliphatic heterocycles. The maximum Gasteiger partial charge on any atom is 0.241 e. The van der Waals surface area contributed by atoms with Crippen LogP contribution in [0.2, 0.25) is 0 Å². The minimum atomic E-state index is -3.59. The SMILES string of the molecule is Cc1cnc(CNS(=O)(=O)c2c(C)c(C)cc(C)c2C)cn1. The van der Waals surface area contributed by atoms with Crippen molar-refractivity contribution in [1.29, 1.82) is 0 Å². The third-order valence-corrected chi connectivity index (χ3v) is 5.52. The molecule has 1 N–H and O–H groups in total. The summed E-state index contributed by atoms with van der Waals surface area (Å²) in [6, 6.07) is 2.01. The second-order valence-corrected chi connectivity index (χ2v) is 7.27. The van der Waals surface area contributed by atoms with Crippen LogP contribution in [0.5, 0.6) is 0 Å². The highest BCUT2D eigenvalue weighted by molar-refractivity contribution is 7.89. The topological polar surface area (TPSA) is 72.0 Å². The lowest BCUT2D eigenvalue weighted by atomic mass is 10.0. The lowest BCUT2D eigenvalue weighted by molar-refractivity contribution is 0.578. The Morgan fingerprint density at radius 3 is 2.05 bits per heavy atom. The van der Waals surface area contributed by atoms with Crippen LogP contribution in [0.25, 0.3) is 0 Å².